The second-order valence-electron chi connectivity index (χ2n) is 9.82. The Morgan fingerprint density at radius 1 is 0.862 bits per heavy atom. The zero-order valence-electron chi connectivity index (χ0n) is 18.3. The summed E-state index contributed by atoms with van der Waals surface area (Å²) < 4.78 is 11.0. The molecule has 3 aliphatic carbocycles. The standard InChI is InChI=1S/C26H38O3/c1-3-18-7-9-19(10-8-18)20-11-16-24-21(17-20)5-4-6-25(24)26(27)29-23-14-12-22(28-2)13-15-23/h12-15,18-21,24-25H,3-11,16-17H2,1-2H3. The number of methoxy groups -OCH3 is 1. The van der Waals surface area contributed by atoms with E-state index >= 15 is 0 Å². The first-order valence-electron chi connectivity index (χ1n) is 12.0. The Balaban J connectivity index is 1.33. The molecule has 0 bridgehead atoms. The summed E-state index contributed by atoms with van der Waals surface area (Å²) in [6, 6.07) is 7.37. The topological polar surface area (TPSA) is 35.5 Å². The van der Waals surface area contributed by atoms with Gasteiger partial charge in [0.15, 0.2) is 0 Å². The van der Waals surface area contributed by atoms with E-state index in [-0.39, 0.29) is 11.9 Å². The maximum Gasteiger partial charge on any atom is 0.314 e. The Kier molecular flexibility index (Phi) is 6.82. The highest BCUT2D eigenvalue weighted by Crippen LogP contribution is 2.50. The lowest BCUT2D eigenvalue weighted by Gasteiger charge is -2.46. The van der Waals surface area contributed by atoms with Crippen molar-refractivity contribution in [1.29, 1.82) is 0 Å². The van der Waals surface area contributed by atoms with Crippen LogP contribution in [0.4, 0.5) is 0 Å². The molecule has 4 atom stereocenters. The molecule has 0 heterocycles. The predicted molar refractivity (Wildman–Crippen MR) is 116 cm³/mol. The van der Waals surface area contributed by atoms with Crippen molar-refractivity contribution in [2.24, 2.45) is 35.5 Å². The first-order valence-corrected chi connectivity index (χ1v) is 12.0. The molecule has 3 saturated carbocycles. The van der Waals surface area contributed by atoms with Gasteiger partial charge < -0.3 is 9.47 Å². The van der Waals surface area contributed by atoms with Crippen LogP contribution in [0.2, 0.25) is 0 Å². The Bertz CT molecular complexity index is 659. The minimum atomic E-state index is -0.00762. The van der Waals surface area contributed by atoms with E-state index in [1.807, 2.05) is 24.3 Å². The molecule has 1 aromatic carbocycles. The summed E-state index contributed by atoms with van der Waals surface area (Å²) >= 11 is 0. The van der Waals surface area contributed by atoms with Crippen LogP contribution in [-0.4, -0.2) is 13.1 Å². The van der Waals surface area contributed by atoms with E-state index in [9.17, 15) is 4.79 Å². The van der Waals surface area contributed by atoms with Crippen LogP contribution in [0.5, 0.6) is 11.5 Å². The summed E-state index contributed by atoms with van der Waals surface area (Å²) in [6.07, 6.45) is 14.6. The summed E-state index contributed by atoms with van der Waals surface area (Å²) in [6.45, 7) is 2.35. The third kappa shape index (κ3) is 4.81. The van der Waals surface area contributed by atoms with Gasteiger partial charge in [-0.3, -0.25) is 4.79 Å². The van der Waals surface area contributed by atoms with Gasteiger partial charge in [-0.1, -0.05) is 39.0 Å². The Morgan fingerprint density at radius 3 is 2.24 bits per heavy atom. The van der Waals surface area contributed by atoms with Gasteiger partial charge in [0, 0.05) is 0 Å². The van der Waals surface area contributed by atoms with Crippen molar-refractivity contribution in [1.82, 2.24) is 0 Å². The zero-order valence-corrected chi connectivity index (χ0v) is 18.3. The first kappa shape index (κ1) is 20.8. The van der Waals surface area contributed by atoms with Crippen molar-refractivity contribution in [2.75, 3.05) is 7.11 Å². The third-order valence-corrected chi connectivity index (χ3v) is 8.40. The van der Waals surface area contributed by atoms with E-state index in [1.165, 1.54) is 64.2 Å². The molecule has 3 heteroatoms. The first-order chi connectivity index (χ1) is 14.2. The molecule has 0 amide bonds. The van der Waals surface area contributed by atoms with Crippen molar-refractivity contribution in [2.45, 2.75) is 77.6 Å². The number of hydrogen-bond donors (Lipinski definition) is 0. The molecule has 0 N–H and O–H groups in total. The van der Waals surface area contributed by atoms with Crippen LogP contribution in [0, 0.1) is 35.5 Å². The molecule has 0 aromatic heterocycles. The largest absolute Gasteiger partial charge is 0.497 e. The molecule has 4 rings (SSSR count). The van der Waals surface area contributed by atoms with Gasteiger partial charge in [0.25, 0.3) is 0 Å². The quantitative estimate of drug-likeness (QED) is 0.411. The van der Waals surface area contributed by atoms with Gasteiger partial charge in [0.1, 0.15) is 11.5 Å². The lowest BCUT2D eigenvalue weighted by atomic mass is 9.59. The summed E-state index contributed by atoms with van der Waals surface area (Å²) in [5, 5.41) is 0. The fraction of sp³-hybridized carbons (Fsp3) is 0.731. The predicted octanol–water partition coefficient (Wildman–Crippen LogP) is 6.65. The fourth-order valence-corrected chi connectivity index (χ4v) is 6.62. The van der Waals surface area contributed by atoms with Gasteiger partial charge in [-0.25, -0.2) is 0 Å². The maximum atomic E-state index is 13.0. The summed E-state index contributed by atoms with van der Waals surface area (Å²) in [5.41, 5.74) is 0. The Morgan fingerprint density at radius 2 is 1.55 bits per heavy atom. The van der Waals surface area contributed by atoms with Gasteiger partial charge in [0.05, 0.1) is 13.0 Å². The van der Waals surface area contributed by atoms with Gasteiger partial charge in [-0.05, 0) is 92.4 Å². The molecule has 0 saturated heterocycles. The van der Waals surface area contributed by atoms with E-state index in [4.69, 9.17) is 9.47 Å². The number of carbonyl (C=O) groups is 1. The minimum Gasteiger partial charge on any atom is -0.497 e. The van der Waals surface area contributed by atoms with E-state index in [2.05, 4.69) is 6.92 Å². The molecule has 1 aromatic rings. The Labute approximate surface area is 176 Å². The average Bonchev–Trinajstić information content (AvgIpc) is 2.78. The number of benzene rings is 1. The number of hydrogen-bond acceptors (Lipinski definition) is 3. The second-order valence-corrected chi connectivity index (χ2v) is 9.82. The molecule has 3 nitrogen and oxygen atoms in total. The van der Waals surface area contributed by atoms with Crippen LogP contribution >= 0.6 is 0 Å². The van der Waals surface area contributed by atoms with Gasteiger partial charge in [-0.2, -0.15) is 0 Å². The summed E-state index contributed by atoms with van der Waals surface area (Å²) in [4.78, 5) is 13.0. The normalized spacial score (nSPS) is 34.8. The molecule has 29 heavy (non-hydrogen) atoms. The molecule has 0 spiro atoms. The third-order valence-electron chi connectivity index (χ3n) is 8.40. The average molecular weight is 399 g/mol. The zero-order chi connectivity index (χ0) is 20.2. The lowest BCUT2D eigenvalue weighted by Crippen LogP contribution is -2.40. The van der Waals surface area contributed by atoms with Gasteiger partial charge in [0.2, 0.25) is 0 Å². The smallest absolute Gasteiger partial charge is 0.314 e. The molecule has 3 aliphatic rings. The molecule has 0 radical (unpaired) electrons. The van der Waals surface area contributed by atoms with Crippen LogP contribution in [-0.2, 0) is 4.79 Å². The van der Waals surface area contributed by atoms with Gasteiger partial charge in [-0.15, -0.1) is 0 Å². The van der Waals surface area contributed by atoms with Gasteiger partial charge >= 0.3 is 5.97 Å². The molecule has 3 fully saturated rings. The van der Waals surface area contributed by atoms with E-state index in [0.717, 1.165) is 35.8 Å². The van der Waals surface area contributed by atoms with Crippen LogP contribution in [0.3, 0.4) is 0 Å². The SMILES string of the molecule is CCC1CCC(C2CCC3C(CCCC3C(=O)Oc3ccc(OC)cc3)C2)CC1. The maximum absolute atomic E-state index is 13.0. The van der Waals surface area contributed by atoms with Crippen molar-refractivity contribution in [3.8, 4) is 11.5 Å². The Hall–Kier alpha value is -1.51. The summed E-state index contributed by atoms with van der Waals surface area (Å²) in [7, 11) is 1.65. The molecule has 0 aliphatic heterocycles. The molecular formula is C26H38O3. The highest BCUT2D eigenvalue weighted by Gasteiger charge is 2.43. The number of fused-ring (bicyclic) bond motifs is 1. The van der Waals surface area contributed by atoms with Crippen LogP contribution in [0.25, 0.3) is 0 Å². The van der Waals surface area contributed by atoms with Crippen molar-refractivity contribution in [3.05, 3.63) is 24.3 Å². The molecular weight excluding hydrogens is 360 g/mol. The van der Waals surface area contributed by atoms with Crippen LogP contribution in [0.15, 0.2) is 24.3 Å². The molecule has 160 valence electrons. The number of esters is 1. The van der Waals surface area contributed by atoms with Crippen molar-refractivity contribution in [3.63, 3.8) is 0 Å². The fourth-order valence-electron chi connectivity index (χ4n) is 6.62. The number of carbonyl (C=O) groups excluding carboxylic acids is 1. The van der Waals surface area contributed by atoms with E-state index in [0.29, 0.717) is 11.7 Å². The number of ether oxygens (including phenoxy) is 2. The van der Waals surface area contributed by atoms with Crippen LogP contribution < -0.4 is 9.47 Å². The monoisotopic (exact) mass is 398 g/mol. The molecule has 4 unspecified atom stereocenters. The summed E-state index contributed by atoms with van der Waals surface area (Å²) in [5.74, 6) is 5.62. The minimum absolute atomic E-state index is 0.00762. The van der Waals surface area contributed by atoms with E-state index in [1.54, 1.807) is 7.11 Å². The lowest BCUT2D eigenvalue weighted by molar-refractivity contribution is -0.144. The second kappa shape index (κ2) is 9.53. The number of rotatable bonds is 5. The van der Waals surface area contributed by atoms with Crippen LogP contribution in [0.1, 0.15) is 77.6 Å². The highest BCUT2D eigenvalue weighted by molar-refractivity contribution is 5.75. The van der Waals surface area contributed by atoms with E-state index < -0.39 is 0 Å². The highest BCUT2D eigenvalue weighted by atomic mass is 16.5. The van der Waals surface area contributed by atoms with Crippen molar-refractivity contribution >= 4 is 5.97 Å². The van der Waals surface area contributed by atoms with Crippen molar-refractivity contribution < 1.29 is 14.3 Å².